The first kappa shape index (κ1) is 19.3. The monoisotopic (exact) mass is 419 g/mol. The standard InChI is InChI=1S/C19H16ClF2N5O2/c1-10(16-23-18(29-26-16)11-4-3-5-13(20)6-11)28-19-25-24-17(27(19)2)12-7-14(21)9-15(22)8-12/h3-10,18H,1-2H3,(H,23,26)/t10-,18?/m1/s1. The van der Waals surface area contributed by atoms with Crippen LogP contribution < -0.4 is 10.2 Å². The number of aromatic nitrogens is 3. The van der Waals surface area contributed by atoms with Crippen LogP contribution in [0.25, 0.3) is 11.4 Å². The van der Waals surface area contributed by atoms with Gasteiger partial charge in [0.05, 0.1) is 0 Å². The van der Waals surface area contributed by atoms with Crippen LogP contribution in [0.1, 0.15) is 18.7 Å². The Kier molecular flexibility index (Phi) is 5.16. The van der Waals surface area contributed by atoms with Crippen molar-refractivity contribution in [3.63, 3.8) is 0 Å². The number of hydroxylamine groups is 1. The Morgan fingerprint density at radius 2 is 1.93 bits per heavy atom. The van der Waals surface area contributed by atoms with E-state index >= 15 is 0 Å². The minimum Gasteiger partial charge on any atom is -0.452 e. The van der Waals surface area contributed by atoms with Crippen LogP contribution in [0.2, 0.25) is 5.02 Å². The number of aliphatic imine (C=N–C) groups is 1. The zero-order chi connectivity index (χ0) is 20.5. The molecule has 0 bridgehead atoms. The summed E-state index contributed by atoms with van der Waals surface area (Å²) in [5.74, 6) is -0.684. The van der Waals surface area contributed by atoms with E-state index in [1.807, 2.05) is 12.1 Å². The molecule has 2 aromatic carbocycles. The fourth-order valence-electron chi connectivity index (χ4n) is 2.85. The summed E-state index contributed by atoms with van der Waals surface area (Å²) in [6.07, 6.45) is -1.10. The molecule has 0 spiro atoms. The van der Waals surface area contributed by atoms with Crippen molar-refractivity contribution in [3.8, 4) is 17.4 Å². The van der Waals surface area contributed by atoms with Gasteiger partial charge in [0.1, 0.15) is 11.6 Å². The molecular formula is C19H16ClF2N5O2. The largest absolute Gasteiger partial charge is 0.452 e. The molecule has 7 nitrogen and oxygen atoms in total. The summed E-state index contributed by atoms with van der Waals surface area (Å²) in [4.78, 5) is 9.93. The van der Waals surface area contributed by atoms with Gasteiger partial charge in [0.25, 0.3) is 0 Å². The van der Waals surface area contributed by atoms with E-state index in [0.717, 1.165) is 11.6 Å². The van der Waals surface area contributed by atoms with Crippen LogP contribution in [0.3, 0.4) is 0 Å². The van der Waals surface area contributed by atoms with E-state index in [-0.39, 0.29) is 17.4 Å². The zero-order valence-electron chi connectivity index (χ0n) is 15.4. The first-order valence-electron chi connectivity index (χ1n) is 8.68. The lowest BCUT2D eigenvalue weighted by atomic mass is 10.2. The van der Waals surface area contributed by atoms with Gasteiger partial charge in [-0.2, -0.15) is 0 Å². The van der Waals surface area contributed by atoms with Crippen LogP contribution in [0.15, 0.2) is 47.5 Å². The summed E-state index contributed by atoms with van der Waals surface area (Å²) in [6, 6.07) is 10.5. The molecule has 1 N–H and O–H groups in total. The van der Waals surface area contributed by atoms with Crippen molar-refractivity contribution in [3.05, 3.63) is 64.7 Å². The Morgan fingerprint density at radius 3 is 2.66 bits per heavy atom. The molecule has 2 atom stereocenters. The Morgan fingerprint density at radius 1 is 1.17 bits per heavy atom. The molecule has 0 saturated carbocycles. The molecule has 1 aromatic heterocycles. The van der Waals surface area contributed by atoms with Crippen LogP contribution in [-0.4, -0.2) is 26.7 Å². The lowest BCUT2D eigenvalue weighted by molar-refractivity contribution is 0.0351. The third-order valence-electron chi connectivity index (χ3n) is 4.29. The van der Waals surface area contributed by atoms with Crippen molar-refractivity contribution in [2.75, 3.05) is 0 Å². The number of ether oxygens (including phenoxy) is 1. The first-order valence-corrected chi connectivity index (χ1v) is 9.06. The molecule has 0 aliphatic carbocycles. The van der Waals surface area contributed by atoms with Gasteiger partial charge in [0, 0.05) is 29.3 Å². The number of hydrogen-bond acceptors (Lipinski definition) is 6. The zero-order valence-corrected chi connectivity index (χ0v) is 16.2. The van der Waals surface area contributed by atoms with Crippen molar-refractivity contribution in [1.82, 2.24) is 20.2 Å². The maximum Gasteiger partial charge on any atom is 0.317 e. The summed E-state index contributed by atoms with van der Waals surface area (Å²) in [5.41, 5.74) is 3.79. The van der Waals surface area contributed by atoms with E-state index < -0.39 is 24.0 Å². The fraction of sp³-hybridized carbons (Fsp3) is 0.211. The Labute approximate surface area is 169 Å². The van der Waals surface area contributed by atoms with E-state index in [1.54, 1.807) is 26.1 Å². The molecule has 1 aliphatic heterocycles. The summed E-state index contributed by atoms with van der Waals surface area (Å²) in [7, 11) is 1.63. The highest BCUT2D eigenvalue weighted by molar-refractivity contribution is 6.30. The second-order valence-electron chi connectivity index (χ2n) is 6.43. The molecule has 0 amide bonds. The Balaban J connectivity index is 1.51. The lowest BCUT2D eigenvalue weighted by Crippen LogP contribution is -2.33. The van der Waals surface area contributed by atoms with Gasteiger partial charge >= 0.3 is 6.01 Å². The van der Waals surface area contributed by atoms with Gasteiger partial charge in [0.15, 0.2) is 17.8 Å². The van der Waals surface area contributed by atoms with E-state index in [0.29, 0.717) is 10.9 Å². The van der Waals surface area contributed by atoms with E-state index in [2.05, 4.69) is 20.7 Å². The summed E-state index contributed by atoms with van der Waals surface area (Å²) in [6.45, 7) is 1.76. The van der Waals surface area contributed by atoms with Gasteiger partial charge in [-0.15, -0.1) is 5.10 Å². The number of nitrogens with one attached hydrogen (secondary N) is 1. The highest BCUT2D eigenvalue weighted by Gasteiger charge is 2.26. The number of hydrogen-bond donors (Lipinski definition) is 1. The molecular weight excluding hydrogens is 404 g/mol. The van der Waals surface area contributed by atoms with Gasteiger partial charge in [-0.05, 0) is 31.2 Å². The van der Waals surface area contributed by atoms with E-state index in [9.17, 15) is 8.78 Å². The van der Waals surface area contributed by atoms with E-state index in [4.69, 9.17) is 21.2 Å². The second-order valence-corrected chi connectivity index (χ2v) is 6.86. The number of amidine groups is 1. The summed E-state index contributed by atoms with van der Waals surface area (Å²) >= 11 is 6.01. The smallest absolute Gasteiger partial charge is 0.317 e. The fourth-order valence-corrected chi connectivity index (χ4v) is 3.05. The summed E-state index contributed by atoms with van der Waals surface area (Å²) < 4.78 is 34.3. The van der Waals surface area contributed by atoms with Gasteiger partial charge < -0.3 is 4.74 Å². The summed E-state index contributed by atoms with van der Waals surface area (Å²) in [5, 5.41) is 8.51. The van der Waals surface area contributed by atoms with Crippen LogP contribution in [0.5, 0.6) is 6.01 Å². The molecule has 10 heteroatoms. The quantitative estimate of drug-likeness (QED) is 0.680. The molecule has 1 unspecified atom stereocenters. The lowest BCUT2D eigenvalue weighted by Gasteiger charge is -2.13. The van der Waals surface area contributed by atoms with Crippen LogP contribution in [0, 0.1) is 11.6 Å². The van der Waals surface area contributed by atoms with Crippen LogP contribution >= 0.6 is 11.6 Å². The first-order chi connectivity index (χ1) is 13.9. The highest BCUT2D eigenvalue weighted by atomic mass is 35.5. The third kappa shape index (κ3) is 4.06. The van der Waals surface area contributed by atoms with Crippen LogP contribution in [0.4, 0.5) is 8.78 Å². The molecule has 4 rings (SSSR count). The van der Waals surface area contributed by atoms with Gasteiger partial charge in [-0.3, -0.25) is 4.57 Å². The minimum atomic E-state index is -0.701. The third-order valence-corrected chi connectivity index (χ3v) is 4.52. The maximum absolute atomic E-state index is 13.5. The highest BCUT2D eigenvalue weighted by Crippen LogP contribution is 2.26. The average Bonchev–Trinajstić information content (AvgIpc) is 3.29. The molecule has 0 fully saturated rings. The Bertz CT molecular complexity index is 1070. The Hall–Kier alpha value is -3.04. The van der Waals surface area contributed by atoms with Crippen molar-refractivity contribution >= 4 is 17.4 Å². The predicted molar refractivity (Wildman–Crippen MR) is 102 cm³/mol. The number of rotatable bonds is 5. The maximum atomic E-state index is 13.5. The average molecular weight is 420 g/mol. The van der Waals surface area contributed by atoms with Crippen molar-refractivity contribution in [2.24, 2.45) is 12.0 Å². The molecule has 0 saturated heterocycles. The SMILES string of the molecule is C[C@@H](Oc1nnc(-c2cc(F)cc(F)c2)n1C)C1=NC(c2cccc(Cl)c2)ON1. The van der Waals surface area contributed by atoms with Gasteiger partial charge in [0.2, 0.25) is 6.23 Å². The normalized spacial score (nSPS) is 17.0. The van der Waals surface area contributed by atoms with Crippen molar-refractivity contribution in [2.45, 2.75) is 19.3 Å². The molecule has 150 valence electrons. The second kappa shape index (κ2) is 7.76. The van der Waals surface area contributed by atoms with E-state index in [1.165, 1.54) is 16.7 Å². The molecule has 0 radical (unpaired) electrons. The molecule has 1 aliphatic rings. The topological polar surface area (TPSA) is 73.6 Å². The molecule has 2 heterocycles. The van der Waals surface area contributed by atoms with Crippen molar-refractivity contribution < 1.29 is 18.4 Å². The number of halogens is 3. The van der Waals surface area contributed by atoms with Gasteiger partial charge in [-0.1, -0.05) is 28.8 Å². The number of benzene rings is 2. The number of nitrogens with zero attached hydrogens (tertiary/aromatic N) is 4. The van der Waals surface area contributed by atoms with Crippen LogP contribution in [-0.2, 0) is 11.9 Å². The van der Waals surface area contributed by atoms with Gasteiger partial charge in [-0.25, -0.2) is 24.1 Å². The van der Waals surface area contributed by atoms with Crippen molar-refractivity contribution in [1.29, 1.82) is 0 Å². The predicted octanol–water partition coefficient (Wildman–Crippen LogP) is 3.81. The molecule has 3 aromatic rings. The molecule has 29 heavy (non-hydrogen) atoms. The minimum absolute atomic E-state index is 0.160.